The molecule has 24 heavy (non-hydrogen) atoms. The molecule has 1 atom stereocenters. The maximum absolute atomic E-state index is 11.4. The largest absolute Gasteiger partial charge is 0.497 e. The average molecular weight is 343 g/mol. The highest BCUT2D eigenvalue weighted by Gasteiger charge is 2.14. The highest BCUT2D eigenvalue weighted by Crippen LogP contribution is 2.26. The number of benzene rings is 1. The molecule has 0 saturated heterocycles. The normalized spacial score (nSPS) is 10.7. The van der Waals surface area contributed by atoms with Crippen molar-refractivity contribution < 1.29 is 38.8 Å². The van der Waals surface area contributed by atoms with Gasteiger partial charge in [-0.3, -0.25) is 4.79 Å². The third-order valence-electron chi connectivity index (χ3n) is 2.68. The van der Waals surface area contributed by atoms with Crippen LogP contribution in [-0.4, -0.2) is 48.9 Å². The summed E-state index contributed by atoms with van der Waals surface area (Å²) in [4.78, 5) is 29.6. The third-order valence-corrected chi connectivity index (χ3v) is 2.68. The molecule has 0 aromatic heterocycles. The molecule has 0 aliphatic rings. The van der Waals surface area contributed by atoms with Crippen LogP contribution in [0.3, 0.4) is 0 Å². The van der Waals surface area contributed by atoms with Gasteiger partial charge in [0.2, 0.25) is 0 Å². The van der Waals surface area contributed by atoms with Crippen molar-refractivity contribution in [1.29, 1.82) is 0 Å². The van der Waals surface area contributed by atoms with Crippen LogP contribution < -0.4 is 15.2 Å². The van der Waals surface area contributed by atoms with Crippen LogP contribution in [0.2, 0.25) is 0 Å². The van der Waals surface area contributed by atoms with Crippen LogP contribution in [0.1, 0.15) is 24.9 Å². The molecule has 1 rings (SSSR count). The lowest BCUT2D eigenvalue weighted by Gasteiger charge is -2.14. The molecule has 0 amide bonds. The number of carboxylic acid groups (broad SMARTS) is 2. The van der Waals surface area contributed by atoms with Crippen molar-refractivity contribution in [3.8, 4) is 11.5 Å². The Morgan fingerprint density at radius 1 is 1.04 bits per heavy atom. The van der Waals surface area contributed by atoms with Crippen molar-refractivity contribution in [2.75, 3.05) is 20.8 Å². The molecular formula is C15H21NO8. The van der Waals surface area contributed by atoms with Crippen molar-refractivity contribution in [2.24, 2.45) is 5.73 Å². The fourth-order valence-electron chi connectivity index (χ4n) is 1.56. The van der Waals surface area contributed by atoms with E-state index in [0.29, 0.717) is 18.1 Å². The Bertz CT molecular complexity index is 538. The Balaban J connectivity index is 0.000000754. The summed E-state index contributed by atoms with van der Waals surface area (Å²) in [5.74, 6) is -2.68. The third kappa shape index (κ3) is 7.99. The Kier molecular flexibility index (Phi) is 9.57. The highest BCUT2D eigenvalue weighted by atomic mass is 16.5. The van der Waals surface area contributed by atoms with E-state index < -0.39 is 18.0 Å². The van der Waals surface area contributed by atoms with Crippen LogP contribution in [0, 0.1) is 0 Å². The number of esters is 1. The first-order chi connectivity index (χ1) is 11.2. The van der Waals surface area contributed by atoms with E-state index in [9.17, 15) is 4.79 Å². The molecule has 1 aromatic carbocycles. The molecule has 0 bridgehead atoms. The molecule has 0 spiro atoms. The van der Waals surface area contributed by atoms with E-state index in [1.807, 2.05) is 0 Å². The van der Waals surface area contributed by atoms with Gasteiger partial charge in [0.15, 0.2) is 0 Å². The molecule has 4 N–H and O–H groups in total. The number of nitrogens with two attached hydrogens (primary N) is 1. The standard InChI is InChI=1S/C13H19NO4.C2H2O4/c1-4-18-13(15)8-12(14)9-5-10(16-2)7-11(6-9)17-3;3-1(4)2(5)6/h5-7,12H,4,8,14H2,1-3H3;(H,3,4)(H,5,6). The van der Waals surface area contributed by atoms with E-state index in [4.69, 9.17) is 39.7 Å². The molecule has 9 heteroatoms. The minimum absolute atomic E-state index is 0.129. The van der Waals surface area contributed by atoms with Crippen LogP contribution in [0.15, 0.2) is 18.2 Å². The fourth-order valence-corrected chi connectivity index (χ4v) is 1.56. The van der Waals surface area contributed by atoms with Crippen molar-refractivity contribution >= 4 is 17.9 Å². The summed E-state index contributed by atoms with van der Waals surface area (Å²) in [7, 11) is 3.13. The van der Waals surface area contributed by atoms with Crippen molar-refractivity contribution in [3.05, 3.63) is 23.8 Å². The summed E-state index contributed by atoms with van der Waals surface area (Å²) >= 11 is 0. The van der Waals surface area contributed by atoms with Crippen LogP contribution in [0.5, 0.6) is 11.5 Å². The Morgan fingerprint density at radius 2 is 1.50 bits per heavy atom. The summed E-state index contributed by atoms with van der Waals surface area (Å²) in [5.41, 5.74) is 6.74. The van der Waals surface area contributed by atoms with Gasteiger partial charge in [-0.05, 0) is 24.6 Å². The quantitative estimate of drug-likeness (QED) is 0.504. The Labute approximate surface area is 138 Å². The maximum Gasteiger partial charge on any atom is 0.414 e. The molecule has 0 heterocycles. The zero-order valence-electron chi connectivity index (χ0n) is 13.6. The number of rotatable bonds is 6. The molecule has 0 fully saturated rings. The molecule has 9 nitrogen and oxygen atoms in total. The van der Waals surface area contributed by atoms with E-state index in [1.54, 1.807) is 39.3 Å². The van der Waals surface area contributed by atoms with Crippen LogP contribution in [-0.2, 0) is 19.1 Å². The van der Waals surface area contributed by atoms with Crippen molar-refractivity contribution in [3.63, 3.8) is 0 Å². The molecule has 0 aliphatic carbocycles. The molecule has 0 aliphatic heterocycles. The lowest BCUT2D eigenvalue weighted by molar-refractivity contribution is -0.159. The molecule has 1 aromatic rings. The number of carbonyl (C=O) groups excluding carboxylic acids is 1. The van der Waals surface area contributed by atoms with Gasteiger partial charge in [0.25, 0.3) is 0 Å². The second kappa shape index (κ2) is 10.8. The number of carboxylic acids is 2. The van der Waals surface area contributed by atoms with Gasteiger partial charge >= 0.3 is 17.9 Å². The van der Waals surface area contributed by atoms with Gasteiger partial charge in [-0.15, -0.1) is 0 Å². The predicted molar refractivity (Wildman–Crippen MR) is 83.0 cm³/mol. The van der Waals surface area contributed by atoms with E-state index >= 15 is 0 Å². The van der Waals surface area contributed by atoms with Crippen LogP contribution in [0.4, 0.5) is 0 Å². The number of ether oxygens (including phenoxy) is 3. The lowest BCUT2D eigenvalue weighted by Crippen LogP contribution is -2.17. The predicted octanol–water partition coefficient (Wildman–Crippen LogP) is 0.812. The number of aliphatic carboxylic acids is 2. The molecular weight excluding hydrogens is 322 g/mol. The lowest BCUT2D eigenvalue weighted by atomic mass is 10.0. The van der Waals surface area contributed by atoms with Gasteiger partial charge in [-0.25, -0.2) is 9.59 Å². The number of methoxy groups -OCH3 is 2. The minimum atomic E-state index is -1.82. The molecule has 1 unspecified atom stereocenters. The number of hydrogen-bond acceptors (Lipinski definition) is 7. The maximum atomic E-state index is 11.4. The summed E-state index contributed by atoms with van der Waals surface area (Å²) in [6, 6.07) is 4.88. The zero-order chi connectivity index (χ0) is 18.7. The second-order valence-electron chi connectivity index (χ2n) is 4.37. The zero-order valence-corrected chi connectivity index (χ0v) is 13.6. The van der Waals surface area contributed by atoms with E-state index in [0.717, 1.165) is 5.56 Å². The van der Waals surface area contributed by atoms with Gasteiger partial charge in [0, 0.05) is 12.1 Å². The van der Waals surface area contributed by atoms with E-state index in [-0.39, 0.29) is 12.4 Å². The average Bonchev–Trinajstić information content (AvgIpc) is 2.54. The monoisotopic (exact) mass is 343 g/mol. The summed E-state index contributed by atoms with van der Waals surface area (Å²) in [5, 5.41) is 14.8. The fraction of sp³-hybridized carbons (Fsp3) is 0.400. The SMILES string of the molecule is CCOC(=O)CC(N)c1cc(OC)cc(OC)c1.O=C(O)C(=O)O. The van der Waals surface area contributed by atoms with Crippen LogP contribution >= 0.6 is 0 Å². The first kappa shape index (κ1) is 21.2. The topological polar surface area (TPSA) is 145 Å². The van der Waals surface area contributed by atoms with Crippen LogP contribution in [0.25, 0.3) is 0 Å². The van der Waals surface area contributed by atoms with Gasteiger partial charge in [0.05, 0.1) is 27.2 Å². The summed E-state index contributed by atoms with van der Waals surface area (Å²) in [6.07, 6.45) is 0.129. The first-order valence-corrected chi connectivity index (χ1v) is 6.85. The first-order valence-electron chi connectivity index (χ1n) is 6.85. The molecule has 0 radical (unpaired) electrons. The van der Waals surface area contributed by atoms with Crippen molar-refractivity contribution in [2.45, 2.75) is 19.4 Å². The Hall–Kier alpha value is -2.81. The molecule has 0 saturated carbocycles. The van der Waals surface area contributed by atoms with Crippen molar-refractivity contribution in [1.82, 2.24) is 0 Å². The molecule has 134 valence electrons. The van der Waals surface area contributed by atoms with Gasteiger partial charge < -0.3 is 30.2 Å². The second-order valence-corrected chi connectivity index (χ2v) is 4.37. The van der Waals surface area contributed by atoms with Gasteiger partial charge in [-0.1, -0.05) is 0 Å². The van der Waals surface area contributed by atoms with E-state index in [1.165, 1.54) is 0 Å². The highest BCUT2D eigenvalue weighted by molar-refractivity contribution is 6.27. The van der Waals surface area contributed by atoms with E-state index in [2.05, 4.69) is 0 Å². The van der Waals surface area contributed by atoms with Gasteiger partial charge in [-0.2, -0.15) is 0 Å². The Morgan fingerprint density at radius 3 is 1.83 bits per heavy atom. The number of carbonyl (C=O) groups is 3. The smallest absolute Gasteiger partial charge is 0.414 e. The minimum Gasteiger partial charge on any atom is -0.497 e. The van der Waals surface area contributed by atoms with Gasteiger partial charge in [0.1, 0.15) is 11.5 Å². The summed E-state index contributed by atoms with van der Waals surface area (Å²) in [6.45, 7) is 2.12. The summed E-state index contributed by atoms with van der Waals surface area (Å²) < 4.78 is 15.2. The number of hydrogen-bond donors (Lipinski definition) is 3.